The molecule has 0 N–H and O–H groups in total. The first-order valence-corrected chi connectivity index (χ1v) is 30.8. The Hall–Kier alpha value is -11.3. The molecule has 89 heavy (non-hydrogen) atoms. The predicted octanol–water partition coefficient (Wildman–Crippen LogP) is 21.9. The second-order valence-electron chi connectivity index (χ2n) is 23.7. The lowest BCUT2D eigenvalue weighted by Gasteiger charge is -2.21. The van der Waals surface area contributed by atoms with E-state index in [1.807, 2.05) is 0 Å². The summed E-state index contributed by atoms with van der Waals surface area (Å²) in [6, 6.07) is 99.4. The van der Waals surface area contributed by atoms with Gasteiger partial charge in [-0.1, -0.05) is 236 Å². The fourth-order valence-corrected chi connectivity index (χ4v) is 13.9. The van der Waals surface area contributed by atoms with Crippen LogP contribution in [0.4, 0.5) is 0 Å². The van der Waals surface area contributed by atoms with E-state index in [1.165, 1.54) is 60.6 Å². The molecule has 0 aliphatic heterocycles. The smallest absolute Gasteiger partial charge is 0.164 e. The molecule has 1 atom stereocenters. The number of hydrogen-bond acceptors (Lipinski definition) is 3. The largest absolute Gasteiger partial charge is 0.309 e. The standard InChI is InChI=1S/C84H61N5/c1-54-45-55(2)80(56(3)46-54)64-41-43-78-74(50-64)75-53-69(88-76-35-21-19-33-70(76)71-34-20-22-36-77(71)88)42-44-79(75)89(78)81-72(61-29-15-7-16-30-61)51-68(52-73(81)62-31-17-8-18-32-62)84-86-82(63-39-37-60(38-40-63)57-23-9-4-10-24-57)85-83(87-84)67-48-65(58-25-11-5-12-26-58)47-66(49-67)59-27-13-6-14-28-59/h4-27,29-53,59H,28H2,1-3H3. The van der Waals surface area contributed by atoms with E-state index in [9.17, 15) is 0 Å². The van der Waals surface area contributed by atoms with Gasteiger partial charge < -0.3 is 9.13 Å². The van der Waals surface area contributed by atoms with Crippen LogP contribution in [0.3, 0.4) is 0 Å². The Bertz CT molecular complexity index is 5150. The van der Waals surface area contributed by atoms with Gasteiger partial charge in [0.05, 0.1) is 27.8 Å². The monoisotopic (exact) mass is 1140 g/mol. The Balaban J connectivity index is 0.970. The Morgan fingerprint density at radius 3 is 1.35 bits per heavy atom. The van der Waals surface area contributed by atoms with E-state index in [0.717, 1.165) is 95.4 Å². The zero-order chi connectivity index (χ0) is 59.5. The van der Waals surface area contributed by atoms with Gasteiger partial charge in [-0.3, -0.25) is 0 Å². The second-order valence-corrected chi connectivity index (χ2v) is 23.7. The summed E-state index contributed by atoms with van der Waals surface area (Å²) in [5, 5.41) is 4.80. The van der Waals surface area contributed by atoms with Gasteiger partial charge in [0, 0.05) is 61.0 Å². The molecule has 3 aromatic heterocycles. The molecule has 16 rings (SSSR count). The highest BCUT2D eigenvalue weighted by atomic mass is 15.0. The number of benzene rings is 12. The quantitative estimate of drug-likeness (QED) is 0.130. The maximum Gasteiger partial charge on any atom is 0.164 e. The van der Waals surface area contributed by atoms with Gasteiger partial charge in [-0.15, -0.1) is 0 Å². The van der Waals surface area contributed by atoms with E-state index >= 15 is 0 Å². The number of para-hydroxylation sites is 2. The van der Waals surface area contributed by atoms with Gasteiger partial charge in [-0.2, -0.15) is 0 Å². The summed E-state index contributed by atoms with van der Waals surface area (Å²) < 4.78 is 4.96. The van der Waals surface area contributed by atoms with Crippen molar-refractivity contribution in [3.05, 3.63) is 320 Å². The van der Waals surface area contributed by atoms with Crippen molar-refractivity contribution in [2.24, 2.45) is 0 Å². The molecule has 422 valence electrons. The molecule has 1 aliphatic rings. The van der Waals surface area contributed by atoms with Gasteiger partial charge in [0.25, 0.3) is 0 Å². The average Bonchev–Trinajstić information content (AvgIpc) is 1.66. The van der Waals surface area contributed by atoms with Crippen LogP contribution in [0.1, 0.15) is 34.6 Å². The summed E-state index contributed by atoms with van der Waals surface area (Å²) in [5.41, 5.74) is 25.7. The van der Waals surface area contributed by atoms with E-state index in [4.69, 9.17) is 15.0 Å². The average molecular weight is 1140 g/mol. The third kappa shape index (κ3) is 9.65. The van der Waals surface area contributed by atoms with E-state index in [-0.39, 0.29) is 5.92 Å². The van der Waals surface area contributed by atoms with Gasteiger partial charge >= 0.3 is 0 Å². The van der Waals surface area contributed by atoms with E-state index in [1.54, 1.807) is 0 Å². The molecule has 1 aliphatic carbocycles. The third-order valence-electron chi connectivity index (χ3n) is 17.9. The third-order valence-corrected chi connectivity index (χ3v) is 17.9. The highest BCUT2D eigenvalue weighted by molar-refractivity contribution is 6.14. The Morgan fingerprint density at radius 1 is 0.326 bits per heavy atom. The van der Waals surface area contributed by atoms with E-state index in [0.29, 0.717) is 17.5 Å². The number of nitrogens with zero attached hydrogens (tertiary/aromatic N) is 5. The van der Waals surface area contributed by atoms with Gasteiger partial charge in [0.1, 0.15) is 0 Å². The molecule has 0 radical (unpaired) electrons. The van der Waals surface area contributed by atoms with Crippen LogP contribution in [0.15, 0.2) is 297 Å². The fourth-order valence-electron chi connectivity index (χ4n) is 13.9. The molecule has 0 saturated carbocycles. The first kappa shape index (κ1) is 53.2. The molecule has 0 amide bonds. The van der Waals surface area contributed by atoms with Crippen LogP contribution in [-0.2, 0) is 0 Å². The maximum atomic E-state index is 5.62. The molecular formula is C84H61N5. The summed E-state index contributed by atoms with van der Waals surface area (Å²) >= 11 is 0. The minimum atomic E-state index is 0.201. The van der Waals surface area contributed by atoms with Crippen LogP contribution in [0, 0.1) is 20.8 Å². The van der Waals surface area contributed by atoms with Crippen molar-refractivity contribution in [1.82, 2.24) is 24.1 Å². The van der Waals surface area contributed by atoms with E-state index < -0.39 is 0 Å². The van der Waals surface area contributed by atoms with Gasteiger partial charge in [-0.05, 0) is 155 Å². The molecule has 12 aromatic carbocycles. The predicted molar refractivity (Wildman–Crippen MR) is 372 cm³/mol. The summed E-state index contributed by atoms with van der Waals surface area (Å²) in [6.07, 6.45) is 9.77. The van der Waals surface area contributed by atoms with Crippen molar-refractivity contribution < 1.29 is 0 Å². The van der Waals surface area contributed by atoms with Crippen LogP contribution in [-0.4, -0.2) is 24.1 Å². The van der Waals surface area contributed by atoms with Crippen LogP contribution in [0.25, 0.3) is 145 Å². The lowest BCUT2D eigenvalue weighted by Crippen LogP contribution is -2.05. The number of aromatic nitrogens is 5. The van der Waals surface area contributed by atoms with Crippen LogP contribution >= 0.6 is 0 Å². The molecular weight excluding hydrogens is 1080 g/mol. The first-order valence-electron chi connectivity index (χ1n) is 30.8. The van der Waals surface area contributed by atoms with Crippen molar-refractivity contribution in [3.8, 4) is 101 Å². The summed E-state index contributed by atoms with van der Waals surface area (Å²) in [4.78, 5) is 16.6. The molecule has 1 unspecified atom stereocenters. The summed E-state index contributed by atoms with van der Waals surface area (Å²) in [5.74, 6) is 1.98. The fraction of sp³-hybridized carbons (Fsp3) is 0.0595. The highest BCUT2D eigenvalue weighted by Gasteiger charge is 2.26. The minimum absolute atomic E-state index is 0.201. The normalized spacial score (nSPS) is 13.1. The van der Waals surface area contributed by atoms with Gasteiger partial charge in [-0.25, -0.2) is 15.0 Å². The lowest BCUT2D eigenvalue weighted by molar-refractivity contribution is 0.854. The molecule has 0 spiro atoms. The van der Waals surface area contributed by atoms with Gasteiger partial charge in [0.2, 0.25) is 0 Å². The Labute approximate surface area is 518 Å². The van der Waals surface area contributed by atoms with Crippen LogP contribution < -0.4 is 0 Å². The van der Waals surface area contributed by atoms with Crippen molar-refractivity contribution in [2.45, 2.75) is 33.1 Å². The summed E-state index contributed by atoms with van der Waals surface area (Å²) in [7, 11) is 0. The van der Waals surface area contributed by atoms with Crippen LogP contribution in [0.5, 0.6) is 0 Å². The number of rotatable bonds is 11. The molecule has 0 saturated heterocycles. The zero-order valence-corrected chi connectivity index (χ0v) is 49.8. The van der Waals surface area contributed by atoms with Crippen molar-refractivity contribution >= 4 is 43.6 Å². The molecule has 5 heteroatoms. The number of hydrogen-bond donors (Lipinski definition) is 0. The van der Waals surface area contributed by atoms with Crippen molar-refractivity contribution in [3.63, 3.8) is 0 Å². The SMILES string of the molecule is Cc1cc(C)c(-c2ccc3c(c2)c2cc(-n4c5ccccc5c5ccccc54)ccc2n3-c2c(-c3ccccc3)cc(-c3nc(-c4ccc(-c5ccccc5)cc4)nc(-c4cc(-c5ccccc5)cc(C5C=CC=CC5)c4)n3)cc2-c2ccccc2)c(C)c1. The number of allylic oxidation sites excluding steroid dienone is 4. The first-order chi connectivity index (χ1) is 43.8. The van der Waals surface area contributed by atoms with Crippen molar-refractivity contribution in [1.29, 1.82) is 0 Å². The number of fused-ring (bicyclic) bond motifs is 6. The lowest BCUT2D eigenvalue weighted by atomic mass is 9.88. The molecule has 0 fully saturated rings. The topological polar surface area (TPSA) is 48.5 Å². The van der Waals surface area contributed by atoms with Gasteiger partial charge in [0.15, 0.2) is 17.5 Å². The highest BCUT2D eigenvalue weighted by Crippen LogP contribution is 2.46. The maximum absolute atomic E-state index is 5.62. The second kappa shape index (κ2) is 22.2. The molecule has 5 nitrogen and oxygen atoms in total. The Morgan fingerprint density at radius 2 is 0.775 bits per heavy atom. The molecule has 3 heterocycles. The van der Waals surface area contributed by atoms with Crippen LogP contribution in [0.2, 0.25) is 0 Å². The van der Waals surface area contributed by atoms with E-state index in [2.05, 4.69) is 327 Å². The number of aryl methyl sites for hydroxylation is 3. The molecule has 15 aromatic rings. The zero-order valence-electron chi connectivity index (χ0n) is 49.8. The Kier molecular flexibility index (Phi) is 13.3. The van der Waals surface area contributed by atoms with Crippen molar-refractivity contribution in [2.75, 3.05) is 0 Å². The minimum Gasteiger partial charge on any atom is -0.309 e. The summed E-state index contributed by atoms with van der Waals surface area (Å²) in [6.45, 7) is 6.68. The molecule has 0 bridgehead atoms.